The summed E-state index contributed by atoms with van der Waals surface area (Å²) in [6.45, 7) is 7.12. The second-order valence-corrected chi connectivity index (χ2v) is 4.80. The summed E-state index contributed by atoms with van der Waals surface area (Å²) in [5.74, 6) is 0.384. The Kier molecular flexibility index (Phi) is 20.2. The Morgan fingerprint density at radius 3 is 2.38 bits per heavy atom. The van der Waals surface area contributed by atoms with Crippen molar-refractivity contribution in [2.24, 2.45) is 0 Å². The van der Waals surface area contributed by atoms with Crippen LogP contribution in [0.5, 0.6) is 5.75 Å². The minimum absolute atomic E-state index is 0. The fourth-order valence-electron chi connectivity index (χ4n) is 2.04. The molecule has 134 valence electrons. The van der Waals surface area contributed by atoms with Gasteiger partial charge in [0.05, 0.1) is 25.4 Å². The van der Waals surface area contributed by atoms with Crippen LogP contribution in [0, 0.1) is 0 Å². The molecule has 0 N–H and O–H groups in total. The predicted molar refractivity (Wildman–Crippen MR) is 80.5 cm³/mol. The van der Waals surface area contributed by atoms with Crippen molar-refractivity contribution >= 4 is 12.1 Å². The molecule has 0 aromatic heterocycles. The van der Waals surface area contributed by atoms with Gasteiger partial charge in [-0.1, -0.05) is 6.07 Å². The molecule has 0 saturated carbocycles. The quantitative estimate of drug-likeness (QED) is 0.332. The standard InChI is InChI=1S/C15H21NO4.CH2O3.2K/c1-2-19-15(17)13-4-3-5-14(12-13)20-11-8-16-6-9-18-10-7-16;2-1(3)4;;/h3-5,12H,2,6-11H2,1H3;(H2,2,3,4);;/q;;2*+1/p-2. The van der Waals surface area contributed by atoms with Gasteiger partial charge in [0.1, 0.15) is 12.4 Å². The first kappa shape index (κ1) is 29.2. The van der Waals surface area contributed by atoms with Crippen molar-refractivity contribution in [1.29, 1.82) is 0 Å². The number of hydrogen-bond acceptors (Lipinski definition) is 8. The first-order valence-corrected chi connectivity index (χ1v) is 7.61. The number of morpholine rings is 1. The first-order chi connectivity index (χ1) is 11.5. The molecule has 0 aliphatic carbocycles. The van der Waals surface area contributed by atoms with E-state index in [1.54, 1.807) is 25.1 Å². The molecule has 1 aromatic carbocycles. The summed E-state index contributed by atoms with van der Waals surface area (Å²) < 4.78 is 15.9. The second-order valence-electron chi connectivity index (χ2n) is 4.80. The summed E-state index contributed by atoms with van der Waals surface area (Å²) >= 11 is 0. The minimum Gasteiger partial charge on any atom is -0.652 e. The SMILES string of the molecule is CCOC(=O)c1cccc(OCCN2CCOCC2)c1.O=C([O-])[O-].[K+].[K+]. The van der Waals surface area contributed by atoms with Gasteiger partial charge in [0.2, 0.25) is 0 Å². The zero-order chi connectivity index (χ0) is 17.8. The molecule has 0 spiro atoms. The van der Waals surface area contributed by atoms with E-state index in [0.29, 0.717) is 24.5 Å². The Bertz CT molecular complexity index is 521. The van der Waals surface area contributed by atoms with E-state index in [-0.39, 0.29) is 109 Å². The molecule has 0 unspecified atom stereocenters. The van der Waals surface area contributed by atoms with Crippen molar-refractivity contribution in [1.82, 2.24) is 4.90 Å². The van der Waals surface area contributed by atoms with Gasteiger partial charge in [-0.25, -0.2) is 4.79 Å². The number of esters is 1. The third kappa shape index (κ3) is 14.0. The Labute approximate surface area is 238 Å². The predicted octanol–water partition coefficient (Wildman–Crippen LogP) is -6.86. The van der Waals surface area contributed by atoms with Crippen LogP contribution in [0.2, 0.25) is 0 Å². The number of hydrogen-bond donors (Lipinski definition) is 0. The molecule has 0 amide bonds. The van der Waals surface area contributed by atoms with Crippen LogP contribution >= 0.6 is 0 Å². The van der Waals surface area contributed by atoms with Crippen LogP contribution in [0.15, 0.2) is 24.3 Å². The van der Waals surface area contributed by atoms with Gasteiger partial charge in [-0.3, -0.25) is 4.90 Å². The van der Waals surface area contributed by atoms with Crippen molar-refractivity contribution in [3.05, 3.63) is 29.8 Å². The maximum absolute atomic E-state index is 11.6. The van der Waals surface area contributed by atoms with E-state index < -0.39 is 6.16 Å². The number of carbonyl (C=O) groups excluding carboxylic acids is 2. The minimum atomic E-state index is -2.33. The van der Waals surface area contributed by atoms with E-state index in [4.69, 9.17) is 29.2 Å². The van der Waals surface area contributed by atoms with Crippen LogP contribution in [0.25, 0.3) is 0 Å². The van der Waals surface area contributed by atoms with E-state index in [1.165, 1.54) is 0 Å². The number of carbonyl (C=O) groups is 2. The maximum atomic E-state index is 11.6. The zero-order valence-electron chi connectivity index (χ0n) is 15.6. The fourth-order valence-corrected chi connectivity index (χ4v) is 2.04. The van der Waals surface area contributed by atoms with Crippen molar-refractivity contribution in [2.75, 3.05) is 46.1 Å². The number of ether oxygens (including phenoxy) is 3. The topological polar surface area (TPSA) is 111 Å². The average Bonchev–Trinajstić information content (AvgIpc) is 2.56. The molecule has 1 heterocycles. The summed E-state index contributed by atoms with van der Waals surface area (Å²) in [4.78, 5) is 22.3. The maximum Gasteiger partial charge on any atom is 1.00 e. The van der Waals surface area contributed by atoms with Crippen molar-refractivity contribution in [2.45, 2.75) is 6.92 Å². The molecular weight excluding hydrogens is 396 g/mol. The Morgan fingerprint density at radius 1 is 1.19 bits per heavy atom. The van der Waals surface area contributed by atoms with E-state index in [1.807, 2.05) is 6.07 Å². The summed E-state index contributed by atoms with van der Waals surface area (Å²) in [6.07, 6.45) is -2.33. The molecule has 2 rings (SSSR count). The van der Waals surface area contributed by atoms with Gasteiger partial charge in [-0.15, -0.1) is 0 Å². The Morgan fingerprint density at radius 2 is 1.81 bits per heavy atom. The molecule has 1 aliphatic rings. The van der Waals surface area contributed by atoms with Gasteiger partial charge >= 0.3 is 109 Å². The molecule has 0 atom stereocenters. The van der Waals surface area contributed by atoms with Crippen LogP contribution in [-0.4, -0.2) is 63.1 Å². The summed E-state index contributed by atoms with van der Waals surface area (Å²) in [7, 11) is 0. The Balaban J connectivity index is 0. The van der Waals surface area contributed by atoms with Crippen LogP contribution < -0.4 is 118 Å². The van der Waals surface area contributed by atoms with Crippen LogP contribution in [0.3, 0.4) is 0 Å². The van der Waals surface area contributed by atoms with Gasteiger partial charge in [-0.2, -0.15) is 0 Å². The molecule has 0 radical (unpaired) electrons. The van der Waals surface area contributed by atoms with Crippen LogP contribution in [0.4, 0.5) is 4.79 Å². The van der Waals surface area contributed by atoms with Gasteiger partial charge < -0.3 is 29.2 Å². The monoisotopic (exact) mass is 417 g/mol. The molecule has 10 heteroatoms. The molecule has 8 nitrogen and oxygen atoms in total. The van der Waals surface area contributed by atoms with Gasteiger partial charge in [0, 0.05) is 19.6 Å². The normalized spacial score (nSPS) is 13.1. The molecular formula is C16H21K2NO7. The molecule has 0 bridgehead atoms. The number of nitrogens with zero attached hydrogens (tertiary/aromatic N) is 1. The number of carboxylic acid groups (broad SMARTS) is 2. The van der Waals surface area contributed by atoms with Crippen LogP contribution in [0.1, 0.15) is 17.3 Å². The average molecular weight is 418 g/mol. The molecule has 1 fully saturated rings. The van der Waals surface area contributed by atoms with Gasteiger partial charge in [-0.05, 0) is 31.3 Å². The summed E-state index contributed by atoms with van der Waals surface area (Å²) in [5.41, 5.74) is 0.524. The third-order valence-corrected chi connectivity index (χ3v) is 3.13. The summed E-state index contributed by atoms with van der Waals surface area (Å²) in [6, 6.07) is 7.10. The molecule has 1 aliphatic heterocycles. The second kappa shape index (κ2) is 18.0. The van der Waals surface area contributed by atoms with E-state index in [2.05, 4.69) is 4.90 Å². The number of rotatable bonds is 6. The van der Waals surface area contributed by atoms with Crippen molar-refractivity contribution < 1.29 is 137 Å². The van der Waals surface area contributed by atoms with Crippen molar-refractivity contribution in [3.8, 4) is 5.75 Å². The Hall–Kier alpha value is 0.953. The van der Waals surface area contributed by atoms with E-state index >= 15 is 0 Å². The number of benzene rings is 1. The third-order valence-electron chi connectivity index (χ3n) is 3.13. The first-order valence-electron chi connectivity index (χ1n) is 7.61. The van der Waals surface area contributed by atoms with Gasteiger partial charge in [0.15, 0.2) is 0 Å². The molecule has 26 heavy (non-hydrogen) atoms. The molecule has 1 saturated heterocycles. The van der Waals surface area contributed by atoms with E-state index in [0.717, 1.165) is 32.8 Å². The van der Waals surface area contributed by atoms with Crippen molar-refractivity contribution in [3.63, 3.8) is 0 Å². The summed E-state index contributed by atoms with van der Waals surface area (Å²) in [5, 5.41) is 16.7. The smallest absolute Gasteiger partial charge is 0.652 e. The van der Waals surface area contributed by atoms with E-state index in [9.17, 15) is 4.79 Å². The fraction of sp³-hybridized carbons (Fsp3) is 0.500. The zero-order valence-corrected chi connectivity index (χ0v) is 21.8. The molecule has 1 aromatic rings. The van der Waals surface area contributed by atoms with Crippen LogP contribution in [-0.2, 0) is 9.47 Å². The largest absolute Gasteiger partial charge is 1.00 e. The van der Waals surface area contributed by atoms with Gasteiger partial charge in [0.25, 0.3) is 0 Å².